The number of benzene rings is 10. The molecule has 4 heteroatoms. The minimum atomic E-state index is 1.11. The average molecular weight is 834 g/mol. The molecule has 0 aliphatic carbocycles. The Morgan fingerprint density at radius 3 is 1.55 bits per heavy atom. The minimum absolute atomic E-state index is 1.11. The summed E-state index contributed by atoms with van der Waals surface area (Å²) in [4.78, 5) is 2.32. The Kier molecular flexibility index (Phi) is 8.40. The zero-order valence-corrected chi connectivity index (χ0v) is 35.6. The lowest BCUT2D eigenvalue weighted by atomic mass is 9.94. The summed E-state index contributed by atoms with van der Waals surface area (Å²) < 4.78 is 7.50. The lowest BCUT2D eigenvalue weighted by Gasteiger charge is -2.25. The highest BCUT2D eigenvalue weighted by atomic mass is 32.1. The van der Waals surface area contributed by atoms with Crippen LogP contribution < -0.4 is 4.90 Å². The van der Waals surface area contributed by atoms with Crippen molar-refractivity contribution >= 4 is 92.2 Å². The van der Waals surface area contributed by atoms with Crippen LogP contribution in [0.2, 0.25) is 0 Å². The van der Waals surface area contributed by atoms with Crippen LogP contribution in [0.5, 0.6) is 0 Å². The number of thiophene rings is 1. The molecule has 0 bridgehead atoms. The molecule has 0 saturated heterocycles. The first-order valence-corrected chi connectivity index (χ1v) is 22.7. The number of rotatable bonds is 7. The van der Waals surface area contributed by atoms with Crippen LogP contribution in [-0.4, -0.2) is 9.13 Å². The zero-order chi connectivity index (χ0) is 42.1. The van der Waals surface area contributed by atoms with Crippen molar-refractivity contribution in [2.75, 3.05) is 4.90 Å². The molecule has 10 aromatic carbocycles. The van der Waals surface area contributed by atoms with Gasteiger partial charge in [-0.05, 0) is 120 Å². The van der Waals surface area contributed by atoms with Gasteiger partial charge in [0.25, 0.3) is 0 Å². The minimum Gasteiger partial charge on any atom is -0.311 e. The Morgan fingerprint density at radius 1 is 0.297 bits per heavy atom. The van der Waals surface area contributed by atoms with E-state index in [1.54, 1.807) is 0 Å². The maximum absolute atomic E-state index is 2.51. The molecule has 0 spiro atoms. The first-order chi connectivity index (χ1) is 31.7. The van der Waals surface area contributed by atoms with Crippen LogP contribution in [0.25, 0.3) is 97.4 Å². The molecule has 0 saturated carbocycles. The predicted molar refractivity (Wildman–Crippen MR) is 274 cm³/mol. The number of anilines is 3. The Bertz CT molecular complexity index is 3840. The summed E-state index contributed by atoms with van der Waals surface area (Å²) in [5.74, 6) is 0. The van der Waals surface area contributed by atoms with Crippen LogP contribution in [0.1, 0.15) is 0 Å². The lowest BCUT2D eigenvalue weighted by molar-refractivity contribution is 1.18. The Labute approximate surface area is 374 Å². The van der Waals surface area contributed by atoms with Gasteiger partial charge in [0, 0.05) is 75.7 Å². The third kappa shape index (κ3) is 5.81. The number of nitrogens with zero attached hydrogens (tertiary/aromatic N) is 3. The van der Waals surface area contributed by atoms with Gasteiger partial charge in [-0.2, -0.15) is 0 Å². The van der Waals surface area contributed by atoms with E-state index in [9.17, 15) is 0 Å². The lowest BCUT2D eigenvalue weighted by Crippen LogP contribution is -2.09. The SMILES string of the molecule is c1ccc(N(c2ccccc2)c2ccc(-c3cc(-c4ccc5c(c4)c4ccccc4n5-c4ccccc4)c4c(c3)c3ccccc3n4-c3ccc4c(c3)sc3ccccc34)cc2)cc1. The fraction of sp³-hybridized carbons (Fsp3) is 0. The van der Waals surface area contributed by atoms with E-state index < -0.39 is 0 Å². The Hall–Kier alpha value is -8.18. The molecule has 0 atom stereocenters. The number of aromatic nitrogens is 2. The van der Waals surface area contributed by atoms with Crippen LogP contribution in [0, 0.1) is 0 Å². The molecular weight excluding hydrogens is 795 g/mol. The monoisotopic (exact) mass is 833 g/mol. The van der Waals surface area contributed by atoms with Gasteiger partial charge >= 0.3 is 0 Å². The van der Waals surface area contributed by atoms with Gasteiger partial charge in [-0.25, -0.2) is 0 Å². The number of para-hydroxylation sites is 5. The summed E-state index contributed by atoms with van der Waals surface area (Å²) in [7, 11) is 0. The predicted octanol–water partition coefficient (Wildman–Crippen LogP) is 17.1. The second-order valence-electron chi connectivity index (χ2n) is 16.5. The van der Waals surface area contributed by atoms with Crippen LogP contribution >= 0.6 is 11.3 Å². The van der Waals surface area contributed by atoms with Crippen molar-refractivity contribution in [1.29, 1.82) is 0 Å². The second kappa shape index (κ2) is 14.7. The summed E-state index contributed by atoms with van der Waals surface area (Å²) in [6.07, 6.45) is 0. The summed E-state index contributed by atoms with van der Waals surface area (Å²) in [5.41, 5.74) is 15.2. The van der Waals surface area contributed by atoms with E-state index in [0.717, 1.165) is 28.4 Å². The molecule has 13 rings (SSSR count). The number of fused-ring (bicyclic) bond motifs is 9. The van der Waals surface area contributed by atoms with Gasteiger partial charge in [0.1, 0.15) is 0 Å². The average Bonchev–Trinajstić information content (AvgIpc) is 4.02. The summed E-state index contributed by atoms with van der Waals surface area (Å²) >= 11 is 1.87. The molecule has 0 fully saturated rings. The molecule has 0 radical (unpaired) electrons. The molecule has 0 unspecified atom stereocenters. The van der Waals surface area contributed by atoms with Gasteiger partial charge in [-0.1, -0.05) is 133 Å². The van der Waals surface area contributed by atoms with Crippen molar-refractivity contribution in [3.63, 3.8) is 0 Å². The molecule has 64 heavy (non-hydrogen) atoms. The van der Waals surface area contributed by atoms with Crippen molar-refractivity contribution in [1.82, 2.24) is 9.13 Å². The molecule has 0 amide bonds. The van der Waals surface area contributed by atoms with Crippen LogP contribution in [0.4, 0.5) is 17.1 Å². The van der Waals surface area contributed by atoms with Gasteiger partial charge in [-0.3, -0.25) is 0 Å². The fourth-order valence-corrected chi connectivity index (χ4v) is 11.1. The standard InChI is InChI=1S/C60H39N3S/c1-4-16-43(17-5-1)61(44-18-6-2-7-19-44)46-31-28-40(29-32-46)42-37-52(41-30-35-57-53(36-41)48-22-10-13-25-55(48)62(57)45-20-8-3-9-21-45)60-54(38-42)49-23-11-14-26-56(49)63(60)47-33-34-51-50-24-12-15-27-58(50)64-59(51)39-47/h1-39H. The summed E-state index contributed by atoms with van der Waals surface area (Å²) in [6.45, 7) is 0. The highest BCUT2D eigenvalue weighted by Gasteiger charge is 2.21. The number of hydrogen-bond donors (Lipinski definition) is 0. The van der Waals surface area contributed by atoms with E-state index in [4.69, 9.17) is 0 Å². The first kappa shape index (κ1) is 36.5. The van der Waals surface area contributed by atoms with Crippen molar-refractivity contribution in [2.24, 2.45) is 0 Å². The van der Waals surface area contributed by atoms with E-state index in [-0.39, 0.29) is 0 Å². The van der Waals surface area contributed by atoms with Crippen molar-refractivity contribution in [3.05, 3.63) is 237 Å². The van der Waals surface area contributed by atoms with Crippen molar-refractivity contribution in [3.8, 4) is 33.6 Å². The van der Waals surface area contributed by atoms with Gasteiger partial charge in [-0.15, -0.1) is 11.3 Å². The first-order valence-electron chi connectivity index (χ1n) is 21.8. The molecule has 13 aromatic rings. The zero-order valence-electron chi connectivity index (χ0n) is 34.8. The van der Waals surface area contributed by atoms with E-state index in [2.05, 4.69) is 251 Å². The van der Waals surface area contributed by atoms with Gasteiger partial charge in [0.15, 0.2) is 0 Å². The maximum atomic E-state index is 2.51. The largest absolute Gasteiger partial charge is 0.311 e. The smallest absolute Gasteiger partial charge is 0.0619 e. The van der Waals surface area contributed by atoms with E-state index >= 15 is 0 Å². The van der Waals surface area contributed by atoms with Crippen molar-refractivity contribution < 1.29 is 0 Å². The highest BCUT2D eigenvalue weighted by Crippen LogP contribution is 2.45. The molecule has 3 heterocycles. The van der Waals surface area contributed by atoms with Crippen molar-refractivity contribution in [2.45, 2.75) is 0 Å². The third-order valence-corrected chi connectivity index (χ3v) is 14.0. The fourth-order valence-electron chi connectivity index (χ4n) is 10.0. The Morgan fingerprint density at radius 2 is 0.828 bits per heavy atom. The van der Waals surface area contributed by atoms with Crippen LogP contribution in [-0.2, 0) is 0 Å². The van der Waals surface area contributed by atoms with Gasteiger partial charge in [0.2, 0.25) is 0 Å². The van der Waals surface area contributed by atoms with E-state index in [0.29, 0.717) is 0 Å². The molecule has 3 aromatic heterocycles. The second-order valence-corrected chi connectivity index (χ2v) is 17.6. The van der Waals surface area contributed by atoms with Gasteiger partial charge < -0.3 is 14.0 Å². The van der Waals surface area contributed by atoms with Crippen LogP contribution in [0.15, 0.2) is 237 Å². The molecule has 3 nitrogen and oxygen atoms in total. The molecule has 0 aliphatic rings. The summed E-state index contributed by atoms with van der Waals surface area (Å²) in [5, 5.41) is 7.54. The third-order valence-electron chi connectivity index (χ3n) is 12.9. The molecule has 0 aliphatic heterocycles. The molecule has 300 valence electrons. The summed E-state index contributed by atoms with van der Waals surface area (Å²) in [6, 6.07) is 86.4. The number of hydrogen-bond acceptors (Lipinski definition) is 2. The highest BCUT2D eigenvalue weighted by molar-refractivity contribution is 7.25. The quantitative estimate of drug-likeness (QED) is 0.156. The maximum Gasteiger partial charge on any atom is 0.0619 e. The van der Waals surface area contributed by atoms with E-state index in [1.807, 2.05) is 11.3 Å². The van der Waals surface area contributed by atoms with Crippen LogP contribution in [0.3, 0.4) is 0 Å². The molecule has 0 N–H and O–H groups in total. The normalized spacial score (nSPS) is 11.8. The topological polar surface area (TPSA) is 13.1 Å². The van der Waals surface area contributed by atoms with E-state index in [1.165, 1.54) is 86.0 Å². The van der Waals surface area contributed by atoms with Gasteiger partial charge in [0.05, 0.1) is 22.1 Å². The Balaban J connectivity index is 1.06. The molecular formula is C60H39N3S.